The standard InChI is InChI=1S/C4H6O2.C3H2ClN/c1-3-4(5)6-2;1-3(4)2-5/h3H,1H2,2H3;1H2. The van der Waals surface area contributed by atoms with E-state index < -0.39 is 5.97 Å². The van der Waals surface area contributed by atoms with Crippen molar-refractivity contribution >= 4 is 17.6 Å². The number of halogens is 1. The van der Waals surface area contributed by atoms with Gasteiger partial charge in [-0.25, -0.2) is 4.79 Å². The Morgan fingerprint density at radius 1 is 1.82 bits per heavy atom. The van der Waals surface area contributed by atoms with E-state index in [-0.39, 0.29) is 5.03 Å². The maximum atomic E-state index is 9.84. The molecule has 0 aliphatic heterocycles. The van der Waals surface area contributed by atoms with Crippen LogP contribution in [-0.4, -0.2) is 13.1 Å². The summed E-state index contributed by atoms with van der Waals surface area (Å²) in [5, 5.41) is 7.69. The fourth-order valence-electron chi connectivity index (χ4n) is 0.0833. The normalized spacial score (nSPS) is 6.27. The molecule has 0 aromatic heterocycles. The highest BCUT2D eigenvalue weighted by atomic mass is 35.5. The second-order valence-corrected chi connectivity index (χ2v) is 1.70. The number of allylic oxidation sites excluding steroid dienone is 1. The summed E-state index contributed by atoms with van der Waals surface area (Å²) in [4.78, 5) is 9.84. The van der Waals surface area contributed by atoms with Gasteiger partial charge in [-0.15, -0.1) is 0 Å². The molecule has 0 N–H and O–H groups in total. The van der Waals surface area contributed by atoms with Crippen LogP contribution >= 0.6 is 11.6 Å². The minimum absolute atomic E-state index is 0.0324. The summed E-state index contributed by atoms with van der Waals surface area (Å²) < 4.78 is 4.14. The summed E-state index contributed by atoms with van der Waals surface area (Å²) in [5.74, 6) is -0.394. The van der Waals surface area contributed by atoms with Crippen LogP contribution in [0.4, 0.5) is 0 Å². The van der Waals surface area contributed by atoms with Crippen molar-refractivity contribution in [3.63, 3.8) is 0 Å². The van der Waals surface area contributed by atoms with Crippen LogP contribution in [0, 0.1) is 11.3 Å². The molecule has 0 heterocycles. The fourth-order valence-corrected chi connectivity index (χ4v) is 0.0833. The number of carbonyl (C=O) groups excluding carboxylic acids is 1. The van der Waals surface area contributed by atoms with Crippen molar-refractivity contribution in [2.24, 2.45) is 0 Å². The molecule has 0 aliphatic rings. The molecule has 0 saturated heterocycles. The van der Waals surface area contributed by atoms with Gasteiger partial charge in [0, 0.05) is 6.08 Å². The third-order valence-corrected chi connectivity index (χ3v) is 0.574. The molecular weight excluding hydrogens is 166 g/mol. The number of esters is 1. The van der Waals surface area contributed by atoms with Crippen LogP contribution < -0.4 is 0 Å². The molecule has 0 spiro atoms. The van der Waals surface area contributed by atoms with Crippen molar-refractivity contribution in [2.45, 2.75) is 0 Å². The maximum absolute atomic E-state index is 9.84. The molecule has 3 nitrogen and oxygen atoms in total. The number of nitrogens with zero attached hydrogens (tertiary/aromatic N) is 1. The van der Waals surface area contributed by atoms with Crippen molar-refractivity contribution < 1.29 is 9.53 Å². The first-order valence-corrected chi connectivity index (χ1v) is 2.91. The number of ether oxygens (including phenoxy) is 1. The predicted molar refractivity (Wildman–Crippen MR) is 42.8 cm³/mol. The van der Waals surface area contributed by atoms with E-state index in [0.717, 1.165) is 6.08 Å². The summed E-state index contributed by atoms with van der Waals surface area (Å²) in [5.41, 5.74) is 0. The van der Waals surface area contributed by atoms with Gasteiger partial charge in [0.05, 0.1) is 7.11 Å². The molecule has 0 rings (SSSR count). The molecule has 0 aromatic carbocycles. The van der Waals surface area contributed by atoms with E-state index in [1.54, 1.807) is 6.07 Å². The molecule has 0 radical (unpaired) electrons. The Hall–Kier alpha value is -1.27. The molecule has 11 heavy (non-hydrogen) atoms. The number of rotatable bonds is 1. The Morgan fingerprint density at radius 2 is 2.18 bits per heavy atom. The van der Waals surface area contributed by atoms with Crippen LogP contribution in [0.25, 0.3) is 0 Å². The Kier molecular flexibility index (Phi) is 9.85. The van der Waals surface area contributed by atoms with Gasteiger partial charge in [-0.1, -0.05) is 24.8 Å². The number of hydrogen-bond acceptors (Lipinski definition) is 3. The van der Waals surface area contributed by atoms with Crippen LogP contribution in [0.3, 0.4) is 0 Å². The van der Waals surface area contributed by atoms with E-state index in [4.69, 9.17) is 16.9 Å². The van der Waals surface area contributed by atoms with Crippen LogP contribution in [0.5, 0.6) is 0 Å². The van der Waals surface area contributed by atoms with Gasteiger partial charge in [0.25, 0.3) is 0 Å². The minimum Gasteiger partial charge on any atom is -0.466 e. The van der Waals surface area contributed by atoms with Gasteiger partial charge in [-0.2, -0.15) is 5.26 Å². The van der Waals surface area contributed by atoms with E-state index >= 15 is 0 Å². The highest BCUT2D eigenvalue weighted by molar-refractivity contribution is 6.31. The first-order chi connectivity index (χ1) is 5.08. The van der Waals surface area contributed by atoms with Crippen molar-refractivity contribution in [3.8, 4) is 6.07 Å². The molecule has 0 aromatic rings. The van der Waals surface area contributed by atoms with Crippen molar-refractivity contribution in [1.29, 1.82) is 5.26 Å². The SMILES string of the molecule is C=C(Cl)C#N.C=CC(=O)OC. The lowest BCUT2D eigenvalue weighted by Gasteiger charge is -1.83. The molecule has 0 bridgehead atoms. The summed E-state index contributed by atoms with van der Waals surface area (Å²) in [6.07, 6.45) is 1.11. The third kappa shape index (κ3) is 17.7. The van der Waals surface area contributed by atoms with Gasteiger partial charge < -0.3 is 4.74 Å². The third-order valence-electron chi connectivity index (χ3n) is 0.489. The molecule has 0 atom stereocenters. The molecule has 0 saturated carbocycles. The van der Waals surface area contributed by atoms with Crippen LogP contribution in [-0.2, 0) is 9.53 Å². The average molecular weight is 174 g/mol. The van der Waals surface area contributed by atoms with Gasteiger partial charge in [-0.3, -0.25) is 0 Å². The lowest BCUT2D eigenvalue weighted by molar-refractivity contribution is -0.134. The van der Waals surface area contributed by atoms with Crippen LogP contribution in [0.1, 0.15) is 0 Å². The van der Waals surface area contributed by atoms with Gasteiger partial charge in [0.1, 0.15) is 11.1 Å². The molecule has 0 aliphatic carbocycles. The first kappa shape index (κ1) is 12.4. The van der Waals surface area contributed by atoms with E-state index in [2.05, 4.69) is 17.9 Å². The summed E-state index contributed by atoms with van der Waals surface area (Å²) >= 11 is 4.91. The molecule has 0 fully saturated rings. The monoisotopic (exact) mass is 173 g/mol. The van der Waals surface area contributed by atoms with Crippen LogP contribution in [0.15, 0.2) is 24.3 Å². The van der Waals surface area contributed by atoms with Gasteiger partial charge in [0.15, 0.2) is 0 Å². The van der Waals surface area contributed by atoms with E-state index in [0.29, 0.717) is 0 Å². The Labute approximate surface area is 70.5 Å². The number of hydrogen-bond donors (Lipinski definition) is 0. The Balaban J connectivity index is 0. The molecule has 60 valence electrons. The highest BCUT2D eigenvalue weighted by Crippen LogP contribution is 1.88. The van der Waals surface area contributed by atoms with E-state index in [1.807, 2.05) is 0 Å². The number of methoxy groups -OCH3 is 1. The highest BCUT2D eigenvalue weighted by Gasteiger charge is 1.81. The first-order valence-electron chi connectivity index (χ1n) is 2.53. The topological polar surface area (TPSA) is 50.1 Å². The Morgan fingerprint density at radius 3 is 2.18 bits per heavy atom. The summed E-state index contributed by atoms with van der Waals surface area (Å²) in [7, 11) is 1.31. The Bertz CT molecular complexity index is 193. The quantitative estimate of drug-likeness (QED) is 0.344. The largest absolute Gasteiger partial charge is 0.466 e. The molecular formula is C7H8ClNO2. The lowest BCUT2D eigenvalue weighted by Crippen LogP contribution is -1.91. The predicted octanol–water partition coefficient (Wildman–Crippen LogP) is 1.61. The zero-order valence-corrected chi connectivity index (χ0v) is 6.89. The second kappa shape index (κ2) is 8.73. The average Bonchev–Trinajstić information content (AvgIpc) is 2.04. The summed E-state index contributed by atoms with van der Waals surface area (Å²) in [6.45, 7) is 6.23. The van der Waals surface area contributed by atoms with Gasteiger partial charge in [0.2, 0.25) is 0 Å². The molecule has 0 amide bonds. The van der Waals surface area contributed by atoms with Crippen molar-refractivity contribution in [1.82, 2.24) is 0 Å². The van der Waals surface area contributed by atoms with Gasteiger partial charge >= 0.3 is 5.97 Å². The van der Waals surface area contributed by atoms with E-state index in [1.165, 1.54) is 7.11 Å². The van der Waals surface area contributed by atoms with Crippen LogP contribution in [0.2, 0.25) is 0 Å². The maximum Gasteiger partial charge on any atom is 0.329 e. The summed E-state index contributed by atoms with van der Waals surface area (Å²) in [6, 6.07) is 1.60. The molecule has 4 heteroatoms. The second-order valence-electron chi connectivity index (χ2n) is 1.24. The zero-order chi connectivity index (χ0) is 9.28. The number of carbonyl (C=O) groups is 1. The lowest BCUT2D eigenvalue weighted by atomic mass is 10.7. The van der Waals surface area contributed by atoms with Gasteiger partial charge in [-0.05, 0) is 0 Å². The van der Waals surface area contributed by atoms with Crippen molar-refractivity contribution in [3.05, 3.63) is 24.3 Å². The minimum atomic E-state index is -0.394. The number of nitriles is 1. The zero-order valence-electron chi connectivity index (χ0n) is 6.13. The molecule has 0 unspecified atom stereocenters. The smallest absolute Gasteiger partial charge is 0.329 e. The van der Waals surface area contributed by atoms with E-state index in [9.17, 15) is 4.79 Å². The van der Waals surface area contributed by atoms with Crippen molar-refractivity contribution in [2.75, 3.05) is 7.11 Å². The fraction of sp³-hybridized carbons (Fsp3) is 0.143.